The molecule has 2 aromatic rings. The molecule has 122 valence electrons. The van der Waals surface area contributed by atoms with Crippen LogP contribution in [0.15, 0.2) is 35.3 Å². The van der Waals surface area contributed by atoms with E-state index in [0.717, 1.165) is 5.69 Å². The third-order valence-corrected chi connectivity index (χ3v) is 3.37. The highest BCUT2D eigenvalue weighted by Crippen LogP contribution is 2.09. The molecule has 0 fully saturated rings. The van der Waals surface area contributed by atoms with E-state index in [1.54, 1.807) is 22.8 Å². The third-order valence-electron chi connectivity index (χ3n) is 3.37. The van der Waals surface area contributed by atoms with E-state index in [0.29, 0.717) is 30.3 Å². The molecule has 0 atom stereocenters. The topological polar surface area (TPSA) is 82.4 Å². The largest absolute Gasteiger partial charge is 0.496 e. The zero-order valence-electron chi connectivity index (χ0n) is 13.3. The van der Waals surface area contributed by atoms with Gasteiger partial charge in [-0.15, -0.1) is 0 Å². The number of carbonyl (C=O) groups excluding carboxylic acids is 1. The highest BCUT2D eigenvalue weighted by molar-refractivity contribution is 5.93. The van der Waals surface area contributed by atoms with Crippen LogP contribution in [0.2, 0.25) is 0 Å². The van der Waals surface area contributed by atoms with Gasteiger partial charge in [0.1, 0.15) is 5.75 Å². The van der Waals surface area contributed by atoms with Crippen LogP contribution in [-0.4, -0.2) is 36.2 Å². The molecule has 7 nitrogen and oxygen atoms in total. The van der Waals surface area contributed by atoms with Gasteiger partial charge in [0.05, 0.1) is 19.8 Å². The van der Waals surface area contributed by atoms with Gasteiger partial charge >= 0.3 is 0 Å². The first-order chi connectivity index (χ1) is 11.0. The van der Waals surface area contributed by atoms with Crippen LogP contribution < -0.4 is 20.3 Å². The Morgan fingerprint density at radius 2 is 2.04 bits per heavy atom. The molecule has 0 aliphatic carbocycles. The molecule has 0 bridgehead atoms. The smallest absolute Gasteiger partial charge is 0.254 e. The molecule has 0 unspecified atom stereocenters. The van der Waals surface area contributed by atoms with E-state index in [-0.39, 0.29) is 11.5 Å². The van der Waals surface area contributed by atoms with Crippen LogP contribution in [0.4, 0.5) is 0 Å². The molecule has 0 spiro atoms. The molecule has 0 aliphatic rings. The fourth-order valence-electron chi connectivity index (χ4n) is 2.12. The van der Waals surface area contributed by atoms with Gasteiger partial charge in [-0.05, 0) is 19.1 Å². The lowest BCUT2D eigenvalue weighted by molar-refractivity contribution is 0.0951. The first kappa shape index (κ1) is 16.5. The van der Waals surface area contributed by atoms with Gasteiger partial charge in [-0.1, -0.05) is 0 Å². The summed E-state index contributed by atoms with van der Waals surface area (Å²) in [6.45, 7) is 2.53. The van der Waals surface area contributed by atoms with Crippen molar-refractivity contribution in [2.24, 2.45) is 0 Å². The Balaban J connectivity index is 1.96. The second kappa shape index (κ2) is 7.44. The minimum Gasteiger partial charge on any atom is -0.496 e. The Bertz CT molecular complexity index is 738. The molecule has 2 rings (SSSR count). The van der Waals surface area contributed by atoms with Crippen molar-refractivity contribution in [2.45, 2.75) is 13.5 Å². The monoisotopic (exact) mass is 317 g/mol. The van der Waals surface area contributed by atoms with E-state index in [1.165, 1.54) is 26.5 Å². The average molecular weight is 317 g/mol. The number of carbonyl (C=O) groups is 1. The molecule has 23 heavy (non-hydrogen) atoms. The van der Waals surface area contributed by atoms with Crippen LogP contribution >= 0.6 is 0 Å². The van der Waals surface area contributed by atoms with Crippen LogP contribution in [0, 0.1) is 6.92 Å². The van der Waals surface area contributed by atoms with Gasteiger partial charge in [0.25, 0.3) is 11.5 Å². The summed E-state index contributed by atoms with van der Waals surface area (Å²) in [5.41, 5.74) is 1.04. The van der Waals surface area contributed by atoms with Crippen molar-refractivity contribution in [1.82, 2.24) is 14.9 Å². The predicted octanol–water partition coefficient (Wildman–Crippen LogP) is 0.999. The number of methoxy groups -OCH3 is 2. The van der Waals surface area contributed by atoms with Gasteiger partial charge in [0, 0.05) is 37.1 Å². The molecule has 0 saturated carbocycles. The number of hydrogen-bond donors (Lipinski definition) is 1. The maximum atomic E-state index is 12.0. The summed E-state index contributed by atoms with van der Waals surface area (Å²) in [6, 6.07) is 6.44. The highest BCUT2D eigenvalue weighted by atomic mass is 16.5. The number of ether oxygens (including phenoxy) is 2. The molecule has 0 saturated heterocycles. The third kappa shape index (κ3) is 4.09. The summed E-state index contributed by atoms with van der Waals surface area (Å²) in [5.74, 6) is 0.721. The Labute approximate surface area is 133 Å². The summed E-state index contributed by atoms with van der Waals surface area (Å²) in [4.78, 5) is 28.0. The van der Waals surface area contributed by atoms with Crippen molar-refractivity contribution in [3.8, 4) is 11.6 Å². The Hall–Kier alpha value is -2.83. The van der Waals surface area contributed by atoms with Gasteiger partial charge in [0.2, 0.25) is 5.88 Å². The number of hydrogen-bond acceptors (Lipinski definition) is 5. The van der Waals surface area contributed by atoms with Crippen LogP contribution in [0.5, 0.6) is 11.6 Å². The van der Waals surface area contributed by atoms with Crippen molar-refractivity contribution in [1.29, 1.82) is 0 Å². The molecule has 0 aliphatic heterocycles. The summed E-state index contributed by atoms with van der Waals surface area (Å²) >= 11 is 0. The van der Waals surface area contributed by atoms with Crippen molar-refractivity contribution in [3.05, 3.63) is 52.1 Å². The van der Waals surface area contributed by atoms with Crippen LogP contribution in [-0.2, 0) is 6.54 Å². The highest BCUT2D eigenvalue weighted by Gasteiger charge is 2.07. The molecule has 0 radical (unpaired) electrons. The Morgan fingerprint density at radius 3 is 2.61 bits per heavy atom. The molecule has 2 heterocycles. The molecule has 1 amide bonds. The van der Waals surface area contributed by atoms with Crippen molar-refractivity contribution in [3.63, 3.8) is 0 Å². The SMILES string of the molecule is COc1cc(C)n(CCNC(=O)c2ccc(OC)nc2)c(=O)c1. The number of aromatic nitrogens is 2. The van der Waals surface area contributed by atoms with E-state index < -0.39 is 0 Å². The number of aryl methyl sites for hydroxylation is 1. The molecule has 1 N–H and O–H groups in total. The molecule has 7 heteroatoms. The number of nitrogens with zero attached hydrogens (tertiary/aromatic N) is 2. The quantitative estimate of drug-likeness (QED) is 0.859. The van der Waals surface area contributed by atoms with E-state index in [1.807, 2.05) is 6.92 Å². The lowest BCUT2D eigenvalue weighted by atomic mass is 10.2. The minimum absolute atomic E-state index is 0.165. The summed E-state index contributed by atoms with van der Waals surface area (Å²) in [7, 11) is 3.03. The zero-order chi connectivity index (χ0) is 16.8. The number of nitrogens with one attached hydrogen (secondary N) is 1. The van der Waals surface area contributed by atoms with Gasteiger partial charge < -0.3 is 19.4 Å². The average Bonchev–Trinajstić information content (AvgIpc) is 2.56. The number of pyridine rings is 2. The standard InChI is InChI=1S/C16H19N3O4/c1-11-8-13(22-2)9-15(20)19(11)7-6-17-16(21)12-4-5-14(23-3)18-10-12/h4-5,8-10H,6-7H2,1-3H3,(H,17,21). The van der Waals surface area contributed by atoms with Gasteiger partial charge in [-0.3, -0.25) is 9.59 Å². The fraction of sp³-hybridized carbons (Fsp3) is 0.312. The molecule has 0 aromatic carbocycles. The van der Waals surface area contributed by atoms with E-state index in [9.17, 15) is 9.59 Å². The zero-order valence-corrected chi connectivity index (χ0v) is 13.3. The first-order valence-corrected chi connectivity index (χ1v) is 7.09. The van der Waals surface area contributed by atoms with Crippen molar-refractivity contribution in [2.75, 3.05) is 20.8 Å². The van der Waals surface area contributed by atoms with E-state index in [4.69, 9.17) is 9.47 Å². The lowest BCUT2D eigenvalue weighted by Crippen LogP contribution is -2.31. The Kier molecular flexibility index (Phi) is 5.35. The summed E-state index contributed by atoms with van der Waals surface area (Å²) < 4.78 is 11.6. The second-order valence-corrected chi connectivity index (χ2v) is 4.87. The molecular formula is C16H19N3O4. The summed E-state index contributed by atoms with van der Waals surface area (Å²) in [5, 5.41) is 2.76. The fourth-order valence-corrected chi connectivity index (χ4v) is 2.12. The lowest BCUT2D eigenvalue weighted by Gasteiger charge is -2.12. The maximum absolute atomic E-state index is 12.0. The molecular weight excluding hydrogens is 298 g/mol. The van der Waals surface area contributed by atoms with Crippen molar-refractivity contribution < 1.29 is 14.3 Å². The summed E-state index contributed by atoms with van der Waals surface area (Å²) in [6.07, 6.45) is 1.44. The number of amides is 1. The maximum Gasteiger partial charge on any atom is 0.254 e. The van der Waals surface area contributed by atoms with Gasteiger partial charge in [-0.2, -0.15) is 0 Å². The van der Waals surface area contributed by atoms with Crippen LogP contribution in [0.3, 0.4) is 0 Å². The normalized spacial score (nSPS) is 10.2. The Morgan fingerprint density at radius 1 is 1.26 bits per heavy atom. The predicted molar refractivity (Wildman–Crippen MR) is 85.1 cm³/mol. The van der Waals surface area contributed by atoms with E-state index in [2.05, 4.69) is 10.3 Å². The van der Waals surface area contributed by atoms with Gasteiger partial charge in [0.15, 0.2) is 0 Å². The second-order valence-electron chi connectivity index (χ2n) is 4.87. The van der Waals surface area contributed by atoms with Crippen LogP contribution in [0.1, 0.15) is 16.1 Å². The number of rotatable bonds is 6. The molecule has 2 aromatic heterocycles. The van der Waals surface area contributed by atoms with Crippen molar-refractivity contribution >= 4 is 5.91 Å². The van der Waals surface area contributed by atoms with E-state index >= 15 is 0 Å². The minimum atomic E-state index is -0.251. The van der Waals surface area contributed by atoms with Gasteiger partial charge in [-0.25, -0.2) is 4.98 Å². The first-order valence-electron chi connectivity index (χ1n) is 7.09. The van der Waals surface area contributed by atoms with Crippen LogP contribution in [0.25, 0.3) is 0 Å².